The van der Waals surface area contributed by atoms with E-state index in [0.717, 1.165) is 0 Å². The quantitative estimate of drug-likeness (QED) is 0.860. The molecule has 0 aromatic heterocycles. The molecular weight excluding hydrogens is 285 g/mol. The molecule has 1 amide bonds. The first-order valence-corrected chi connectivity index (χ1v) is 6.95. The summed E-state index contributed by atoms with van der Waals surface area (Å²) in [7, 11) is 1.51. The van der Waals surface area contributed by atoms with Crippen LogP contribution in [0.1, 0.15) is 17.2 Å². The average Bonchev–Trinajstić information content (AvgIpc) is 2.55. The maximum Gasteiger partial charge on any atom is 0.253 e. The summed E-state index contributed by atoms with van der Waals surface area (Å²) in [4.78, 5) is 11.9. The van der Waals surface area contributed by atoms with E-state index in [1.165, 1.54) is 13.2 Å². The molecular formula is C17H18FNO3. The van der Waals surface area contributed by atoms with E-state index in [4.69, 9.17) is 4.74 Å². The molecule has 0 radical (unpaired) electrons. The lowest BCUT2D eigenvalue weighted by atomic mass is 10.1. The van der Waals surface area contributed by atoms with Gasteiger partial charge in [-0.3, -0.25) is 4.79 Å². The number of benzene rings is 2. The zero-order valence-electron chi connectivity index (χ0n) is 12.3. The van der Waals surface area contributed by atoms with Gasteiger partial charge in [0.05, 0.1) is 7.11 Å². The van der Waals surface area contributed by atoms with Crippen molar-refractivity contribution in [3.05, 3.63) is 65.5 Å². The number of amides is 1. The van der Waals surface area contributed by atoms with Crippen molar-refractivity contribution in [3.8, 4) is 5.75 Å². The second-order valence-electron chi connectivity index (χ2n) is 4.81. The number of aliphatic hydroxyl groups is 1. The molecule has 2 aromatic carbocycles. The average molecular weight is 303 g/mol. The van der Waals surface area contributed by atoms with Crippen molar-refractivity contribution < 1.29 is 19.0 Å². The zero-order chi connectivity index (χ0) is 15.9. The SMILES string of the molecule is COc1cccc(C(O)C(=O)NCCc2ccccc2F)c1. The first kappa shape index (κ1) is 16.0. The van der Waals surface area contributed by atoms with Crippen LogP contribution >= 0.6 is 0 Å². The van der Waals surface area contributed by atoms with Gasteiger partial charge < -0.3 is 15.2 Å². The van der Waals surface area contributed by atoms with Crippen LogP contribution in [0.15, 0.2) is 48.5 Å². The Morgan fingerprint density at radius 3 is 2.77 bits per heavy atom. The third-order valence-corrected chi connectivity index (χ3v) is 3.31. The monoisotopic (exact) mass is 303 g/mol. The van der Waals surface area contributed by atoms with E-state index in [0.29, 0.717) is 23.3 Å². The van der Waals surface area contributed by atoms with Gasteiger partial charge in [-0.1, -0.05) is 30.3 Å². The minimum absolute atomic E-state index is 0.251. The number of carbonyl (C=O) groups excluding carboxylic acids is 1. The second kappa shape index (κ2) is 7.56. The van der Waals surface area contributed by atoms with Gasteiger partial charge in [0.25, 0.3) is 5.91 Å². The van der Waals surface area contributed by atoms with Crippen molar-refractivity contribution in [2.24, 2.45) is 0 Å². The van der Waals surface area contributed by atoms with Gasteiger partial charge in [0.2, 0.25) is 0 Å². The molecule has 1 atom stereocenters. The molecule has 2 rings (SSSR count). The minimum Gasteiger partial charge on any atom is -0.497 e. The molecule has 5 heteroatoms. The third-order valence-electron chi connectivity index (χ3n) is 3.31. The second-order valence-corrected chi connectivity index (χ2v) is 4.81. The molecule has 1 unspecified atom stereocenters. The Bertz CT molecular complexity index is 645. The highest BCUT2D eigenvalue weighted by Gasteiger charge is 2.17. The lowest BCUT2D eigenvalue weighted by molar-refractivity contribution is -0.129. The Balaban J connectivity index is 1.90. The van der Waals surface area contributed by atoms with Gasteiger partial charge in [0.15, 0.2) is 6.10 Å². The predicted octanol–water partition coefficient (Wildman–Crippen LogP) is 2.23. The number of carbonyl (C=O) groups is 1. The van der Waals surface area contributed by atoms with Crippen molar-refractivity contribution in [2.45, 2.75) is 12.5 Å². The topological polar surface area (TPSA) is 58.6 Å². The van der Waals surface area contributed by atoms with Crippen molar-refractivity contribution in [1.29, 1.82) is 0 Å². The lowest BCUT2D eigenvalue weighted by Gasteiger charge is -2.12. The highest BCUT2D eigenvalue weighted by Crippen LogP contribution is 2.19. The molecule has 2 aromatic rings. The Hall–Kier alpha value is -2.40. The Labute approximate surface area is 128 Å². The van der Waals surface area contributed by atoms with Gasteiger partial charge in [-0.15, -0.1) is 0 Å². The number of halogens is 1. The number of hydrogen-bond donors (Lipinski definition) is 2. The maximum absolute atomic E-state index is 13.4. The van der Waals surface area contributed by atoms with E-state index in [1.807, 2.05) is 0 Å². The number of aliphatic hydroxyl groups excluding tert-OH is 1. The number of ether oxygens (including phenoxy) is 1. The van der Waals surface area contributed by atoms with Gasteiger partial charge in [0, 0.05) is 6.54 Å². The molecule has 0 fully saturated rings. The molecule has 0 aliphatic heterocycles. The summed E-state index contributed by atoms with van der Waals surface area (Å²) in [6.07, 6.45) is -0.917. The standard InChI is InChI=1S/C17H18FNO3/c1-22-14-7-4-6-13(11-14)16(20)17(21)19-10-9-12-5-2-3-8-15(12)18/h2-8,11,16,20H,9-10H2,1H3,(H,19,21). The molecule has 0 spiro atoms. The molecule has 4 nitrogen and oxygen atoms in total. The highest BCUT2D eigenvalue weighted by atomic mass is 19.1. The van der Waals surface area contributed by atoms with E-state index < -0.39 is 12.0 Å². The van der Waals surface area contributed by atoms with Gasteiger partial charge in [-0.05, 0) is 35.7 Å². The van der Waals surface area contributed by atoms with Crippen LogP contribution in [0.5, 0.6) is 5.75 Å². The van der Waals surface area contributed by atoms with Crippen LogP contribution in [0.4, 0.5) is 4.39 Å². The van der Waals surface area contributed by atoms with Crippen molar-refractivity contribution in [3.63, 3.8) is 0 Å². The number of nitrogens with one attached hydrogen (secondary N) is 1. The van der Waals surface area contributed by atoms with E-state index in [9.17, 15) is 14.3 Å². The van der Waals surface area contributed by atoms with E-state index in [2.05, 4.69) is 5.32 Å². The molecule has 0 saturated heterocycles. The summed E-state index contributed by atoms with van der Waals surface area (Å²) in [5, 5.41) is 12.6. The first-order chi connectivity index (χ1) is 10.6. The zero-order valence-corrected chi connectivity index (χ0v) is 12.3. The number of rotatable bonds is 6. The fourth-order valence-electron chi connectivity index (χ4n) is 2.08. The van der Waals surface area contributed by atoms with Crippen molar-refractivity contribution in [1.82, 2.24) is 5.32 Å². The van der Waals surface area contributed by atoms with Gasteiger partial charge in [-0.2, -0.15) is 0 Å². The summed E-state index contributed by atoms with van der Waals surface area (Å²) >= 11 is 0. The smallest absolute Gasteiger partial charge is 0.253 e. The molecule has 0 bridgehead atoms. The molecule has 0 saturated carbocycles. The fraction of sp³-hybridized carbons (Fsp3) is 0.235. The Morgan fingerprint density at radius 1 is 1.27 bits per heavy atom. The lowest BCUT2D eigenvalue weighted by Crippen LogP contribution is -2.31. The molecule has 0 aliphatic carbocycles. The minimum atomic E-state index is -1.28. The largest absolute Gasteiger partial charge is 0.497 e. The Kier molecular flexibility index (Phi) is 5.49. The molecule has 2 N–H and O–H groups in total. The van der Waals surface area contributed by atoms with Gasteiger partial charge in [0.1, 0.15) is 11.6 Å². The van der Waals surface area contributed by atoms with Crippen LogP contribution < -0.4 is 10.1 Å². The van der Waals surface area contributed by atoms with Crippen LogP contribution in [0.2, 0.25) is 0 Å². The molecule has 0 heterocycles. The Morgan fingerprint density at radius 2 is 2.05 bits per heavy atom. The van der Waals surface area contributed by atoms with E-state index >= 15 is 0 Å². The van der Waals surface area contributed by atoms with E-state index in [-0.39, 0.29) is 12.4 Å². The molecule has 116 valence electrons. The predicted molar refractivity (Wildman–Crippen MR) is 81.1 cm³/mol. The van der Waals surface area contributed by atoms with Crippen LogP contribution in [-0.4, -0.2) is 24.7 Å². The summed E-state index contributed by atoms with van der Waals surface area (Å²) in [5.74, 6) is -0.259. The van der Waals surface area contributed by atoms with Crippen LogP contribution in [0, 0.1) is 5.82 Å². The fourth-order valence-corrected chi connectivity index (χ4v) is 2.08. The van der Waals surface area contributed by atoms with Crippen LogP contribution in [0.25, 0.3) is 0 Å². The highest BCUT2D eigenvalue weighted by molar-refractivity contribution is 5.82. The number of hydrogen-bond acceptors (Lipinski definition) is 3. The van der Waals surface area contributed by atoms with Gasteiger partial charge in [-0.25, -0.2) is 4.39 Å². The van der Waals surface area contributed by atoms with Crippen molar-refractivity contribution >= 4 is 5.91 Å². The van der Waals surface area contributed by atoms with Crippen molar-refractivity contribution in [2.75, 3.05) is 13.7 Å². The van der Waals surface area contributed by atoms with Gasteiger partial charge >= 0.3 is 0 Å². The van der Waals surface area contributed by atoms with E-state index in [1.54, 1.807) is 42.5 Å². The van der Waals surface area contributed by atoms with Crippen LogP contribution in [0.3, 0.4) is 0 Å². The summed E-state index contributed by atoms with van der Waals surface area (Å²) in [5.41, 5.74) is 0.974. The summed E-state index contributed by atoms with van der Waals surface area (Å²) in [6, 6.07) is 13.1. The van der Waals surface area contributed by atoms with Crippen LogP contribution in [-0.2, 0) is 11.2 Å². The normalized spacial score (nSPS) is 11.8. The maximum atomic E-state index is 13.4. The number of methoxy groups -OCH3 is 1. The molecule has 0 aliphatic rings. The first-order valence-electron chi connectivity index (χ1n) is 6.95. The molecule has 22 heavy (non-hydrogen) atoms. The third kappa shape index (κ3) is 4.05. The summed E-state index contributed by atoms with van der Waals surface area (Å²) < 4.78 is 18.5. The summed E-state index contributed by atoms with van der Waals surface area (Å²) in [6.45, 7) is 0.251.